The van der Waals surface area contributed by atoms with Gasteiger partial charge in [-0.25, -0.2) is 0 Å². The summed E-state index contributed by atoms with van der Waals surface area (Å²) in [5.74, 6) is -0.891. The summed E-state index contributed by atoms with van der Waals surface area (Å²) >= 11 is 4.22. The van der Waals surface area contributed by atoms with E-state index in [2.05, 4.69) is 26.1 Å². The predicted molar refractivity (Wildman–Crippen MR) is 125 cm³/mol. The normalized spacial score (nSPS) is 18.0. The van der Waals surface area contributed by atoms with Crippen LogP contribution in [0, 0.1) is 0 Å². The summed E-state index contributed by atoms with van der Waals surface area (Å²) in [5.41, 5.74) is 2.47. The smallest absolute Gasteiger partial charge is 0.294 e. The number of benzene rings is 2. The standard InChI is InChI=1S/C22H20BrN3O4S/c23-16-3-1-2-15(12-16)13-19-21(28)26(22(29)31-19)14-20(27)24-17-4-6-18(7-5-17)25-8-10-30-11-9-25/h1-7,12-13H,8-11,14H2,(H,24,27)/b19-13+. The van der Waals surface area contributed by atoms with Crippen LogP contribution in [-0.4, -0.2) is 54.8 Å². The molecule has 0 unspecified atom stereocenters. The van der Waals surface area contributed by atoms with Crippen molar-refractivity contribution in [2.75, 3.05) is 43.1 Å². The minimum absolute atomic E-state index is 0.297. The average molecular weight is 502 g/mol. The van der Waals surface area contributed by atoms with Crippen LogP contribution in [0.15, 0.2) is 57.9 Å². The molecule has 160 valence electrons. The molecule has 2 aromatic rings. The largest absolute Gasteiger partial charge is 0.378 e. The van der Waals surface area contributed by atoms with Gasteiger partial charge < -0.3 is 15.0 Å². The van der Waals surface area contributed by atoms with E-state index in [-0.39, 0.29) is 6.54 Å². The maximum atomic E-state index is 12.6. The second kappa shape index (κ2) is 9.67. The molecular weight excluding hydrogens is 482 g/mol. The van der Waals surface area contributed by atoms with E-state index in [0.717, 1.165) is 45.5 Å². The topological polar surface area (TPSA) is 79.0 Å². The second-order valence-electron chi connectivity index (χ2n) is 7.02. The molecule has 0 spiro atoms. The van der Waals surface area contributed by atoms with E-state index in [4.69, 9.17) is 4.74 Å². The number of rotatable bonds is 5. The lowest BCUT2D eigenvalue weighted by molar-refractivity contribution is -0.127. The molecule has 1 N–H and O–H groups in total. The third-order valence-corrected chi connectivity index (χ3v) is 6.25. The summed E-state index contributed by atoms with van der Waals surface area (Å²) < 4.78 is 6.23. The van der Waals surface area contributed by atoms with Gasteiger partial charge in [-0.05, 0) is 59.8 Å². The summed E-state index contributed by atoms with van der Waals surface area (Å²) in [4.78, 5) is 40.8. The van der Waals surface area contributed by atoms with Gasteiger partial charge >= 0.3 is 0 Å². The minimum Gasteiger partial charge on any atom is -0.378 e. The lowest BCUT2D eigenvalue weighted by Gasteiger charge is -2.28. The van der Waals surface area contributed by atoms with Crippen molar-refractivity contribution in [1.82, 2.24) is 4.90 Å². The van der Waals surface area contributed by atoms with Crippen LogP contribution >= 0.6 is 27.7 Å². The van der Waals surface area contributed by atoms with E-state index in [0.29, 0.717) is 23.8 Å². The number of carbonyl (C=O) groups excluding carboxylic acids is 3. The minimum atomic E-state index is -0.465. The van der Waals surface area contributed by atoms with Crippen LogP contribution in [0.25, 0.3) is 6.08 Å². The summed E-state index contributed by atoms with van der Waals surface area (Å²) in [6.45, 7) is 2.74. The number of halogens is 1. The number of imide groups is 1. The van der Waals surface area contributed by atoms with Crippen LogP contribution in [0.4, 0.5) is 16.2 Å². The molecule has 2 aromatic carbocycles. The zero-order valence-electron chi connectivity index (χ0n) is 16.5. The number of anilines is 2. The number of amides is 3. The van der Waals surface area contributed by atoms with E-state index in [9.17, 15) is 14.4 Å². The molecule has 31 heavy (non-hydrogen) atoms. The molecule has 0 bridgehead atoms. The van der Waals surface area contributed by atoms with Gasteiger partial charge in [0.2, 0.25) is 5.91 Å². The molecule has 0 aromatic heterocycles. The van der Waals surface area contributed by atoms with Gasteiger partial charge in [-0.2, -0.15) is 0 Å². The van der Waals surface area contributed by atoms with Gasteiger partial charge in [-0.3, -0.25) is 19.3 Å². The molecule has 2 aliphatic rings. The summed E-state index contributed by atoms with van der Waals surface area (Å²) in [6, 6.07) is 14.9. The highest BCUT2D eigenvalue weighted by Gasteiger charge is 2.36. The molecule has 3 amide bonds. The summed E-state index contributed by atoms with van der Waals surface area (Å²) in [6.07, 6.45) is 1.65. The van der Waals surface area contributed by atoms with E-state index >= 15 is 0 Å². The number of morpholine rings is 1. The zero-order valence-corrected chi connectivity index (χ0v) is 18.9. The first-order chi connectivity index (χ1) is 15.0. The first-order valence-electron chi connectivity index (χ1n) is 9.73. The quantitative estimate of drug-likeness (QED) is 0.624. The van der Waals surface area contributed by atoms with Crippen LogP contribution in [0.3, 0.4) is 0 Å². The lowest BCUT2D eigenvalue weighted by Crippen LogP contribution is -2.36. The Morgan fingerprint density at radius 3 is 2.58 bits per heavy atom. The van der Waals surface area contributed by atoms with Crippen molar-refractivity contribution in [3.8, 4) is 0 Å². The Morgan fingerprint density at radius 1 is 1.13 bits per heavy atom. The molecular formula is C22H20BrN3O4S. The molecule has 9 heteroatoms. The first kappa shape index (κ1) is 21.6. The Labute approximate surface area is 192 Å². The van der Waals surface area contributed by atoms with Gasteiger partial charge in [0.1, 0.15) is 6.54 Å². The van der Waals surface area contributed by atoms with Gasteiger partial charge in [-0.1, -0.05) is 28.1 Å². The van der Waals surface area contributed by atoms with Gasteiger partial charge in [0.25, 0.3) is 11.1 Å². The highest BCUT2D eigenvalue weighted by molar-refractivity contribution is 9.10. The fourth-order valence-corrected chi connectivity index (χ4v) is 4.56. The Morgan fingerprint density at radius 2 is 1.87 bits per heavy atom. The third kappa shape index (κ3) is 5.36. The molecule has 0 atom stereocenters. The fourth-order valence-electron chi connectivity index (χ4n) is 3.31. The number of hydrogen-bond acceptors (Lipinski definition) is 6. The Bertz CT molecular complexity index is 1040. The van der Waals surface area contributed by atoms with Crippen LogP contribution in [0.2, 0.25) is 0 Å². The molecule has 0 saturated carbocycles. The van der Waals surface area contributed by atoms with E-state index in [1.165, 1.54) is 0 Å². The SMILES string of the molecule is O=C(CN1C(=O)S/C(=C/c2cccc(Br)c2)C1=O)Nc1ccc(N2CCOCC2)cc1. The molecule has 7 nitrogen and oxygen atoms in total. The highest BCUT2D eigenvalue weighted by atomic mass is 79.9. The van der Waals surface area contributed by atoms with E-state index in [1.54, 1.807) is 6.08 Å². The number of ether oxygens (including phenoxy) is 1. The van der Waals surface area contributed by atoms with Crippen molar-refractivity contribution in [3.05, 3.63) is 63.5 Å². The Kier molecular flexibility index (Phi) is 6.74. The van der Waals surface area contributed by atoms with Gasteiger partial charge in [0.05, 0.1) is 18.1 Å². The number of carbonyl (C=O) groups is 3. The van der Waals surface area contributed by atoms with Gasteiger partial charge in [-0.15, -0.1) is 0 Å². The highest BCUT2D eigenvalue weighted by Crippen LogP contribution is 2.32. The third-order valence-electron chi connectivity index (χ3n) is 4.85. The van der Waals surface area contributed by atoms with Gasteiger partial charge in [0.15, 0.2) is 0 Å². The molecule has 0 radical (unpaired) electrons. The van der Waals surface area contributed by atoms with E-state index in [1.807, 2.05) is 48.5 Å². The van der Waals surface area contributed by atoms with Crippen molar-refractivity contribution in [3.63, 3.8) is 0 Å². The maximum absolute atomic E-state index is 12.6. The predicted octanol–water partition coefficient (Wildman–Crippen LogP) is 3.96. The molecule has 2 saturated heterocycles. The van der Waals surface area contributed by atoms with Crippen molar-refractivity contribution >= 4 is 62.2 Å². The van der Waals surface area contributed by atoms with Crippen LogP contribution in [0.5, 0.6) is 0 Å². The second-order valence-corrected chi connectivity index (χ2v) is 8.93. The van der Waals surface area contributed by atoms with Crippen molar-refractivity contribution in [1.29, 1.82) is 0 Å². The van der Waals surface area contributed by atoms with Crippen molar-refractivity contribution < 1.29 is 19.1 Å². The maximum Gasteiger partial charge on any atom is 0.294 e. The van der Waals surface area contributed by atoms with Crippen LogP contribution in [0.1, 0.15) is 5.56 Å². The summed E-state index contributed by atoms with van der Waals surface area (Å²) in [7, 11) is 0. The average Bonchev–Trinajstić information content (AvgIpc) is 3.02. The molecule has 0 aliphatic carbocycles. The fraction of sp³-hybridized carbons (Fsp3) is 0.227. The molecule has 2 fully saturated rings. The van der Waals surface area contributed by atoms with Gasteiger partial charge in [0, 0.05) is 28.9 Å². The first-order valence-corrected chi connectivity index (χ1v) is 11.3. The molecule has 4 rings (SSSR count). The lowest BCUT2D eigenvalue weighted by atomic mass is 10.2. The summed E-state index contributed by atoms with van der Waals surface area (Å²) in [5, 5.41) is 2.29. The number of thioether (sulfide) groups is 1. The number of nitrogens with one attached hydrogen (secondary N) is 1. The molecule has 2 heterocycles. The molecule has 2 aliphatic heterocycles. The van der Waals surface area contributed by atoms with Crippen molar-refractivity contribution in [2.24, 2.45) is 0 Å². The van der Waals surface area contributed by atoms with Crippen LogP contribution in [-0.2, 0) is 14.3 Å². The monoisotopic (exact) mass is 501 g/mol. The van der Waals surface area contributed by atoms with E-state index < -0.39 is 17.1 Å². The Hall–Kier alpha value is -2.62. The Balaban J connectivity index is 1.37. The number of hydrogen-bond donors (Lipinski definition) is 1. The number of nitrogens with zero attached hydrogens (tertiary/aromatic N) is 2. The van der Waals surface area contributed by atoms with Crippen LogP contribution < -0.4 is 10.2 Å². The zero-order chi connectivity index (χ0) is 21.8. The van der Waals surface area contributed by atoms with Crippen molar-refractivity contribution in [2.45, 2.75) is 0 Å².